The van der Waals surface area contributed by atoms with E-state index in [1.165, 1.54) is 24.4 Å². The number of ether oxygens (including phenoxy) is 1. The quantitative estimate of drug-likeness (QED) is 0.353. The van der Waals surface area contributed by atoms with E-state index in [4.69, 9.17) is 16.3 Å². The van der Waals surface area contributed by atoms with E-state index in [9.17, 15) is 17.6 Å². The third-order valence-electron chi connectivity index (χ3n) is 4.96. The van der Waals surface area contributed by atoms with Gasteiger partial charge in [-0.3, -0.25) is 9.52 Å². The number of rotatable bonds is 8. The average Bonchev–Trinajstić information content (AvgIpc) is 3.31. The third-order valence-corrected chi connectivity index (χ3v) is 5.83. The molecule has 1 aliphatic heterocycles. The average molecular weight is 521 g/mol. The number of aromatic nitrogens is 2. The second kappa shape index (κ2) is 10.4. The zero-order chi connectivity index (χ0) is 25.0. The summed E-state index contributed by atoms with van der Waals surface area (Å²) < 4.78 is 45.5. The molecule has 3 aromatic rings. The van der Waals surface area contributed by atoms with Gasteiger partial charge in [-0.25, -0.2) is 17.8 Å². The molecule has 1 amide bonds. The van der Waals surface area contributed by atoms with Gasteiger partial charge in [-0.1, -0.05) is 23.7 Å². The third kappa shape index (κ3) is 6.56. The Morgan fingerprint density at radius 1 is 1.14 bits per heavy atom. The van der Waals surface area contributed by atoms with Crippen molar-refractivity contribution in [2.24, 2.45) is 0 Å². The van der Waals surface area contributed by atoms with Crippen LogP contribution in [0.3, 0.4) is 0 Å². The topological polar surface area (TPSA) is 134 Å². The van der Waals surface area contributed by atoms with Gasteiger partial charge in [-0.15, -0.1) is 0 Å². The fourth-order valence-corrected chi connectivity index (χ4v) is 4.04. The van der Waals surface area contributed by atoms with Crippen molar-refractivity contribution in [3.05, 3.63) is 65.1 Å². The largest absolute Gasteiger partial charge is 0.379 e. The standard InChI is InChI=1S/C22H22ClFN6O4S/c1-35(32,33)30-18-5-3-2-4-17(18)27-20-15(23)11-25-22(29-20)28-19-10-13(6-7-16(19)24)21(31)26-14-8-9-34-12-14/h2-7,10-11,14,30H,8-9,12H2,1H3,(H,26,31)(H2,25,27,28,29). The number of anilines is 5. The number of hydrogen-bond acceptors (Lipinski definition) is 8. The summed E-state index contributed by atoms with van der Waals surface area (Å²) in [6.45, 7) is 1.02. The maximum absolute atomic E-state index is 14.5. The molecule has 1 aromatic heterocycles. The molecule has 1 fully saturated rings. The van der Waals surface area contributed by atoms with Crippen molar-refractivity contribution >= 4 is 56.4 Å². The van der Waals surface area contributed by atoms with Crippen LogP contribution in [-0.2, 0) is 14.8 Å². The number of benzene rings is 2. The van der Waals surface area contributed by atoms with Gasteiger partial charge in [0.2, 0.25) is 16.0 Å². The first-order valence-corrected chi connectivity index (χ1v) is 12.8. The van der Waals surface area contributed by atoms with E-state index in [1.54, 1.807) is 24.3 Å². The lowest BCUT2D eigenvalue weighted by molar-refractivity contribution is 0.0930. The van der Waals surface area contributed by atoms with E-state index in [-0.39, 0.29) is 45.7 Å². The lowest BCUT2D eigenvalue weighted by Gasteiger charge is -2.14. The minimum Gasteiger partial charge on any atom is -0.379 e. The molecule has 4 rings (SSSR count). The summed E-state index contributed by atoms with van der Waals surface area (Å²) >= 11 is 6.22. The normalized spacial score (nSPS) is 15.5. The van der Waals surface area contributed by atoms with Crippen LogP contribution >= 0.6 is 11.6 Å². The molecule has 0 radical (unpaired) electrons. The van der Waals surface area contributed by atoms with Gasteiger partial charge in [-0.05, 0) is 36.8 Å². The minimum absolute atomic E-state index is 0.00565. The number of hydrogen-bond donors (Lipinski definition) is 4. The Balaban J connectivity index is 1.54. The molecule has 0 spiro atoms. The molecule has 1 atom stereocenters. The Morgan fingerprint density at radius 2 is 1.91 bits per heavy atom. The van der Waals surface area contributed by atoms with Gasteiger partial charge < -0.3 is 20.7 Å². The molecule has 13 heteroatoms. The van der Waals surface area contributed by atoms with E-state index < -0.39 is 15.8 Å². The van der Waals surface area contributed by atoms with Crippen molar-refractivity contribution in [2.75, 3.05) is 34.8 Å². The Morgan fingerprint density at radius 3 is 2.63 bits per heavy atom. The molecule has 2 aromatic carbocycles. The Bertz CT molecular complexity index is 1350. The van der Waals surface area contributed by atoms with Crippen LogP contribution < -0.4 is 20.7 Å². The van der Waals surface area contributed by atoms with Crippen LogP contribution in [0.2, 0.25) is 5.02 Å². The molecule has 4 N–H and O–H groups in total. The highest BCUT2D eigenvalue weighted by atomic mass is 35.5. The fourth-order valence-electron chi connectivity index (χ4n) is 3.32. The molecule has 0 bridgehead atoms. The first-order valence-electron chi connectivity index (χ1n) is 10.5. The first-order chi connectivity index (χ1) is 16.7. The second-order valence-corrected chi connectivity index (χ2v) is 9.94. The molecule has 10 nitrogen and oxygen atoms in total. The monoisotopic (exact) mass is 520 g/mol. The van der Waals surface area contributed by atoms with E-state index in [0.717, 1.165) is 12.7 Å². The lowest BCUT2D eigenvalue weighted by atomic mass is 10.1. The van der Waals surface area contributed by atoms with Gasteiger partial charge >= 0.3 is 0 Å². The number of carbonyl (C=O) groups excluding carboxylic acids is 1. The van der Waals surface area contributed by atoms with Crippen LogP contribution in [-0.4, -0.2) is 49.8 Å². The van der Waals surface area contributed by atoms with Crippen molar-refractivity contribution in [1.29, 1.82) is 0 Å². The molecule has 1 unspecified atom stereocenters. The molecular weight excluding hydrogens is 499 g/mol. The van der Waals surface area contributed by atoms with Gasteiger partial charge in [0.05, 0.1) is 42.2 Å². The van der Waals surface area contributed by atoms with Crippen molar-refractivity contribution in [1.82, 2.24) is 15.3 Å². The fraction of sp³-hybridized carbons (Fsp3) is 0.227. The summed E-state index contributed by atoms with van der Waals surface area (Å²) in [7, 11) is -3.52. The summed E-state index contributed by atoms with van der Waals surface area (Å²) in [5, 5.41) is 8.71. The van der Waals surface area contributed by atoms with Crippen LogP contribution in [0.4, 0.5) is 33.2 Å². The smallest absolute Gasteiger partial charge is 0.251 e. The van der Waals surface area contributed by atoms with Gasteiger partial charge in [0.15, 0.2) is 5.82 Å². The van der Waals surface area contributed by atoms with E-state index in [0.29, 0.717) is 18.9 Å². The highest BCUT2D eigenvalue weighted by Crippen LogP contribution is 2.30. The van der Waals surface area contributed by atoms with Crippen molar-refractivity contribution in [2.45, 2.75) is 12.5 Å². The number of carbonyl (C=O) groups is 1. The van der Waals surface area contributed by atoms with Crippen molar-refractivity contribution < 1.29 is 22.3 Å². The zero-order valence-electron chi connectivity index (χ0n) is 18.5. The molecule has 0 aliphatic carbocycles. The summed E-state index contributed by atoms with van der Waals surface area (Å²) in [4.78, 5) is 20.9. The van der Waals surface area contributed by atoms with Crippen LogP contribution in [0.25, 0.3) is 0 Å². The van der Waals surface area contributed by atoms with Gasteiger partial charge in [-0.2, -0.15) is 4.98 Å². The van der Waals surface area contributed by atoms with Gasteiger partial charge in [0, 0.05) is 12.2 Å². The summed E-state index contributed by atoms with van der Waals surface area (Å²) in [5.74, 6) is -0.798. The molecule has 184 valence electrons. The van der Waals surface area contributed by atoms with Crippen LogP contribution in [0.1, 0.15) is 16.8 Å². The van der Waals surface area contributed by atoms with E-state index in [2.05, 4.69) is 30.6 Å². The summed E-state index contributed by atoms with van der Waals surface area (Å²) in [5.41, 5.74) is 0.934. The van der Waals surface area contributed by atoms with Gasteiger partial charge in [0.1, 0.15) is 10.8 Å². The minimum atomic E-state index is -3.52. The molecule has 0 saturated carbocycles. The zero-order valence-corrected chi connectivity index (χ0v) is 20.1. The first kappa shape index (κ1) is 24.6. The number of halogens is 2. The Hall–Kier alpha value is -3.48. The van der Waals surface area contributed by atoms with Crippen molar-refractivity contribution in [3.63, 3.8) is 0 Å². The van der Waals surface area contributed by atoms with Crippen LogP contribution in [0.15, 0.2) is 48.7 Å². The van der Waals surface area contributed by atoms with Crippen LogP contribution in [0.5, 0.6) is 0 Å². The van der Waals surface area contributed by atoms with E-state index in [1.807, 2.05) is 0 Å². The number of nitrogens with zero attached hydrogens (tertiary/aromatic N) is 2. The van der Waals surface area contributed by atoms with E-state index >= 15 is 0 Å². The number of para-hydroxylation sites is 2. The molecule has 2 heterocycles. The molecule has 35 heavy (non-hydrogen) atoms. The number of nitrogens with one attached hydrogen (secondary N) is 4. The highest BCUT2D eigenvalue weighted by molar-refractivity contribution is 7.92. The molecule has 1 aliphatic rings. The second-order valence-electron chi connectivity index (χ2n) is 7.79. The summed E-state index contributed by atoms with van der Waals surface area (Å²) in [6.07, 6.45) is 3.06. The maximum atomic E-state index is 14.5. The van der Waals surface area contributed by atoms with Crippen LogP contribution in [0, 0.1) is 5.82 Å². The maximum Gasteiger partial charge on any atom is 0.251 e. The SMILES string of the molecule is CS(=O)(=O)Nc1ccccc1Nc1nc(Nc2cc(C(=O)NC3CCOC3)ccc2F)ncc1Cl. The number of amides is 1. The number of sulfonamides is 1. The predicted molar refractivity (Wildman–Crippen MR) is 132 cm³/mol. The van der Waals surface area contributed by atoms with Gasteiger partial charge in [0.25, 0.3) is 5.91 Å². The molecular formula is C22H22ClFN6O4S. The molecule has 1 saturated heterocycles. The predicted octanol–water partition coefficient (Wildman–Crippen LogP) is 3.65. The highest BCUT2D eigenvalue weighted by Gasteiger charge is 2.19. The van der Waals surface area contributed by atoms with Crippen molar-refractivity contribution in [3.8, 4) is 0 Å². The summed E-state index contributed by atoms with van der Waals surface area (Å²) in [6, 6.07) is 10.4. The Labute approximate surface area is 206 Å². The Kier molecular flexibility index (Phi) is 7.34. The lowest BCUT2D eigenvalue weighted by Crippen LogP contribution is -2.35.